The molecule has 1 N–H and O–H groups in total. The minimum Gasteiger partial charge on any atom is -0.456 e. The summed E-state index contributed by atoms with van der Waals surface area (Å²) in [6.45, 7) is 0. The molecule has 0 amide bonds. The fourth-order valence-corrected chi connectivity index (χ4v) is 8.23. The Morgan fingerprint density at radius 2 is 1.04 bits per heavy atom. The van der Waals surface area contributed by atoms with Crippen LogP contribution in [0.15, 0.2) is 215 Å². The lowest BCUT2D eigenvalue weighted by Gasteiger charge is -2.24. The third kappa shape index (κ3) is 5.96. The summed E-state index contributed by atoms with van der Waals surface area (Å²) >= 11 is 0. The van der Waals surface area contributed by atoms with Crippen LogP contribution >= 0.6 is 0 Å². The van der Waals surface area contributed by atoms with Gasteiger partial charge in [0.1, 0.15) is 23.2 Å². The molecular formula is C53H35N3O. The molecule has 4 heteroatoms. The lowest BCUT2D eigenvalue weighted by Crippen LogP contribution is -2.33. The molecule has 0 spiro atoms. The van der Waals surface area contributed by atoms with Gasteiger partial charge in [-0.2, -0.15) is 0 Å². The van der Waals surface area contributed by atoms with Crippen LogP contribution in [0.4, 0.5) is 0 Å². The molecular weight excluding hydrogens is 695 g/mol. The highest BCUT2D eigenvalue weighted by Crippen LogP contribution is 2.39. The SMILES string of the molecule is c1ccc(C2=NC(c3cccc(-c4ccccc4)c3)=NC(c3ccc(-c4cccc5oc6cc(-c7ccc8ccc9ccccc9c8c7)ccc6c45)cc3)N2)cc1. The largest absolute Gasteiger partial charge is 0.456 e. The lowest BCUT2D eigenvalue weighted by molar-refractivity contribution is 0.669. The molecule has 9 aromatic carbocycles. The predicted octanol–water partition coefficient (Wildman–Crippen LogP) is 13.4. The van der Waals surface area contributed by atoms with E-state index in [0.29, 0.717) is 5.84 Å². The molecule has 10 aromatic rings. The Morgan fingerprint density at radius 3 is 1.88 bits per heavy atom. The van der Waals surface area contributed by atoms with E-state index < -0.39 is 0 Å². The van der Waals surface area contributed by atoms with E-state index in [9.17, 15) is 0 Å². The number of hydrogen-bond acceptors (Lipinski definition) is 4. The third-order valence-electron chi connectivity index (χ3n) is 11.1. The molecule has 57 heavy (non-hydrogen) atoms. The van der Waals surface area contributed by atoms with Gasteiger partial charge in [0.25, 0.3) is 0 Å². The number of hydrogen-bond donors (Lipinski definition) is 1. The van der Waals surface area contributed by atoms with Crippen LogP contribution in [0.25, 0.3) is 76.9 Å². The Bertz CT molecular complexity index is 3200. The summed E-state index contributed by atoms with van der Waals surface area (Å²) < 4.78 is 6.56. The van der Waals surface area contributed by atoms with Crippen LogP contribution < -0.4 is 5.32 Å². The van der Waals surface area contributed by atoms with Crippen molar-refractivity contribution in [3.8, 4) is 33.4 Å². The summed E-state index contributed by atoms with van der Waals surface area (Å²) in [5.41, 5.74) is 11.6. The maximum absolute atomic E-state index is 6.56. The summed E-state index contributed by atoms with van der Waals surface area (Å²) in [6, 6.07) is 70.5. The predicted molar refractivity (Wildman–Crippen MR) is 237 cm³/mol. The summed E-state index contributed by atoms with van der Waals surface area (Å²) in [7, 11) is 0. The standard InChI is InChI=1S/C53H35N3O/c1-3-11-34(12-4-1)40-16-9-17-43(31-40)53-55-51(38-14-5-2-6-15-38)54-52(56-53)39-26-23-36(24-27-39)45-19-10-20-48-50(45)46-30-29-42(33-49(46)57-48)41-28-25-37-22-21-35-13-7-8-18-44(35)47(37)32-41/h1-33,52H,(H,54,55,56). The van der Waals surface area contributed by atoms with Gasteiger partial charge < -0.3 is 9.73 Å². The Hall–Kier alpha value is -7.56. The first-order chi connectivity index (χ1) is 28.2. The van der Waals surface area contributed by atoms with Gasteiger partial charge in [0.2, 0.25) is 0 Å². The normalized spacial score (nSPS) is 14.1. The van der Waals surface area contributed by atoms with E-state index in [1.165, 1.54) is 27.1 Å². The second-order valence-corrected chi connectivity index (χ2v) is 14.6. The molecule has 2 heterocycles. The summed E-state index contributed by atoms with van der Waals surface area (Å²) in [5, 5.41) is 10.9. The average molecular weight is 730 g/mol. The van der Waals surface area contributed by atoms with Crippen LogP contribution in [0.5, 0.6) is 0 Å². The van der Waals surface area contributed by atoms with Crippen molar-refractivity contribution in [3.63, 3.8) is 0 Å². The second kappa shape index (κ2) is 13.6. The first-order valence-electron chi connectivity index (χ1n) is 19.3. The number of amidine groups is 2. The molecule has 1 unspecified atom stereocenters. The maximum Gasteiger partial charge on any atom is 0.159 e. The van der Waals surface area contributed by atoms with Gasteiger partial charge in [0.15, 0.2) is 5.84 Å². The van der Waals surface area contributed by atoms with Gasteiger partial charge >= 0.3 is 0 Å². The minimum absolute atomic E-state index is 0.320. The van der Waals surface area contributed by atoms with Crippen molar-refractivity contribution in [1.29, 1.82) is 0 Å². The first kappa shape index (κ1) is 32.8. The maximum atomic E-state index is 6.56. The van der Waals surface area contributed by atoms with E-state index in [0.717, 1.165) is 72.3 Å². The molecule has 1 atom stereocenters. The van der Waals surface area contributed by atoms with E-state index in [2.05, 4.69) is 181 Å². The molecule has 4 nitrogen and oxygen atoms in total. The fraction of sp³-hybridized carbons (Fsp3) is 0.0189. The van der Waals surface area contributed by atoms with Crippen LogP contribution in [0.3, 0.4) is 0 Å². The van der Waals surface area contributed by atoms with E-state index in [4.69, 9.17) is 14.4 Å². The van der Waals surface area contributed by atoms with E-state index >= 15 is 0 Å². The van der Waals surface area contributed by atoms with Crippen LogP contribution in [0.2, 0.25) is 0 Å². The summed E-state index contributed by atoms with van der Waals surface area (Å²) in [6.07, 6.45) is -0.320. The molecule has 0 radical (unpaired) electrons. The van der Waals surface area contributed by atoms with E-state index in [1.54, 1.807) is 0 Å². The van der Waals surface area contributed by atoms with Crippen molar-refractivity contribution in [2.45, 2.75) is 6.17 Å². The molecule has 0 saturated carbocycles. The fourth-order valence-electron chi connectivity index (χ4n) is 8.23. The van der Waals surface area contributed by atoms with Crippen molar-refractivity contribution in [3.05, 3.63) is 217 Å². The van der Waals surface area contributed by atoms with Crippen molar-refractivity contribution in [1.82, 2.24) is 5.32 Å². The number of rotatable bonds is 6. The average Bonchev–Trinajstić information content (AvgIpc) is 3.68. The van der Waals surface area contributed by atoms with Crippen molar-refractivity contribution < 1.29 is 4.42 Å². The van der Waals surface area contributed by atoms with E-state index in [1.807, 2.05) is 24.3 Å². The number of nitrogens with one attached hydrogen (secondary N) is 1. The molecule has 1 aliphatic heterocycles. The monoisotopic (exact) mass is 729 g/mol. The molecule has 11 rings (SSSR count). The Balaban J connectivity index is 0.942. The molecule has 268 valence electrons. The number of nitrogens with zero attached hydrogens (tertiary/aromatic N) is 2. The third-order valence-corrected chi connectivity index (χ3v) is 11.1. The number of fused-ring (bicyclic) bond motifs is 6. The number of furan rings is 1. The molecule has 0 bridgehead atoms. The van der Waals surface area contributed by atoms with Gasteiger partial charge in [-0.1, -0.05) is 170 Å². The van der Waals surface area contributed by atoms with Crippen molar-refractivity contribution in [2.75, 3.05) is 0 Å². The van der Waals surface area contributed by atoms with Gasteiger partial charge in [0, 0.05) is 21.9 Å². The highest BCUT2D eigenvalue weighted by molar-refractivity contribution is 6.15. The minimum atomic E-state index is -0.320. The molecule has 1 aromatic heterocycles. The Kier molecular flexibility index (Phi) is 7.85. The molecule has 0 saturated heterocycles. The van der Waals surface area contributed by atoms with Crippen LogP contribution in [0, 0.1) is 0 Å². The van der Waals surface area contributed by atoms with Gasteiger partial charge in [-0.3, -0.25) is 0 Å². The Labute approximate surface area is 330 Å². The number of benzene rings is 9. The van der Waals surface area contributed by atoms with Crippen LogP contribution in [-0.2, 0) is 0 Å². The summed E-state index contributed by atoms with van der Waals surface area (Å²) in [4.78, 5) is 10.2. The van der Waals surface area contributed by atoms with Crippen molar-refractivity contribution >= 4 is 55.2 Å². The Morgan fingerprint density at radius 1 is 0.404 bits per heavy atom. The van der Waals surface area contributed by atoms with Gasteiger partial charge in [-0.05, 0) is 90.8 Å². The smallest absolute Gasteiger partial charge is 0.159 e. The van der Waals surface area contributed by atoms with Gasteiger partial charge in [-0.15, -0.1) is 0 Å². The molecule has 0 aliphatic carbocycles. The molecule has 1 aliphatic rings. The van der Waals surface area contributed by atoms with Crippen molar-refractivity contribution in [2.24, 2.45) is 9.98 Å². The lowest BCUT2D eigenvalue weighted by atomic mass is 9.95. The highest BCUT2D eigenvalue weighted by atomic mass is 16.3. The second-order valence-electron chi connectivity index (χ2n) is 14.6. The zero-order valence-electron chi connectivity index (χ0n) is 30.9. The van der Waals surface area contributed by atoms with Crippen LogP contribution in [-0.4, -0.2) is 11.7 Å². The highest BCUT2D eigenvalue weighted by Gasteiger charge is 2.22. The topological polar surface area (TPSA) is 49.9 Å². The van der Waals surface area contributed by atoms with E-state index in [-0.39, 0.29) is 6.17 Å². The first-order valence-corrected chi connectivity index (χ1v) is 19.3. The molecule has 0 fully saturated rings. The summed E-state index contributed by atoms with van der Waals surface area (Å²) in [5.74, 6) is 1.50. The zero-order valence-corrected chi connectivity index (χ0v) is 30.9. The quantitative estimate of drug-likeness (QED) is 0.173. The number of aliphatic imine (C=N–C) groups is 2. The van der Waals surface area contributed by atoms with Gasteiger partial charge in [0.05, 0.1) is 0 Å². The van der Waals surface area contributed by atoms with Crippen LogP contribution in [0.1, 0.15) is 22.9 Å². The van der Waals surface area contributed by atoms with Gasteiger partial charge in [-0.25, -0.2) is 9.98 Å². The zero-order chi connectivity index (χ0) is 37.7.